The molecule has 2 aromatic carbocycles. The predicted molar refractivity (Wildman–Crippen MR) is 141 cm³/mol. The van der Waals surface area contributed by atoms with Gasteiger partial charge in [-0.15, -0.1) is 0 Å². The van der Waals surface area contributed by atoms with E-state index in [-0.39, 0.29) is 12.4 Å². The number of carboxylic acids is 1. The lowest BCUT2D eigenvalue weighted by Gasteiger charge is -2.38. The van der Waals surface area contributed by atoms with Gasteiger partial charge in [-0.3, -0.25) is 9.59 Å². The van der Waals surface area contributed by atoms with Crippen molar-refractivity contribution in [1.82, 2.24) is 10.2 Å². The molecule has 36 heavy (non-hydrogen) atoms. The molecule has 0 radical (unpaired) electrons. The molecule has 2 heterocycles. The average molecular weight is 493 g/mol. The Bertz CT molecular complexity index is 1070. The number of nitrogens with two attached hydrogens (primary N) is 2. The SMILES string of the molecule is N/C(=N\C(=O)c1ccc(C[C@H](N)C(=O)O)cc1)NCc1ccccc1N1CCC(N2CCCC2)CC1. The number of likely N-dealkylation sites (tertiary alicyclic amines) is 1. The zero-order valence-corrected chi connectivity index (χ0v) is 20.6. The number of rotatable bonds is 8. The highest BCUT2D eigenvalue weighted by Crippen LogP contribution is 2.27. The van der Waals surface area contributed by atoms with Crippen LogP contribution in [0.1, 0.15) is 47.2 Å². The summed E-state index contributed by atoms with van der Waals surface area (Å²) in [6.45, 7) is 5.02. The van der Waals surface area contributed by atoms with Crippen LogP contribution in [0.2, 0.25) is 0 Å². The molecule has 6 N–H and O–H groups in total. The molecular weight excluding hydrogens is 456 g/mol. The Morgan fingerprint density at radius 3 is 2.36 bits per heavy atom. The average Bonchev–Trinajstić information content (AvgIpc) is 3.43. The zero-order chi connectivity index (χ0) is 25.5. The Morgan fingerprint density at radius 2 is 1.69 bits per heavy atom. The summed E-state index contributed by atoms with van der Waals surface area (Å²) >= 11 is 0. The van der Waals surface area contributed by atoms with Crippen LogP contribution in [0.15, 0.2) is 53.5 Å². The van der Waals surface area contributed by atoms with Crippen molar-refractivity contribution in [3.63, 3.8) is 0 Å². The summed E-state index contributed by atoms with van der Waals surface area (Å²) in [4.78, 5) is 32.5. The lowest BCUT2D eigenvalue weighted by molar-refractivity contribution is -0.138. The molecule has 2 aliphatic heterocycles. The van der Waals surface area contributed by atoms with Gasteiger partial charge in [0.2, 0.25) is 0 Å². The molecule has 9 nitrogen and oxygen atoms in total. The van der Waals surface area contributed by atoms with Crippen LogP contribution in [0.5, 0.6) is 0 Å². The first-order chi connectivity index (χ1) is 17.4. The Labute approximate surface area is 212 Å². The first-order valence-corrected chi connectivity index (χ1v) is 12.7. The fourth-order valence-corrected chi connectivity index (χ4v) is 5.07. The van der Waals surface area contributed by atoms with Crippen LogP contribution >= 0.6 is 0 Å². The van der Waals surface area contributed by atoms with Gasteiger partial charge in [0.25, 0.3) is 5.91 Å². The number of aliphatic imine (C=N–C) groups is 1. The maximum absolute atomic E-state index is 12.5. The third-order valence-electron chi connectivity index (χ3n) is 7.11. The summed E-state index contributed by atoms with van der Waals surface area (Å²) in [5.74, 6) is -1.47. The minimum Gasteiger partial charge on any atom is -0.480 e. The second-order valence-electron chi connectivity index (χ2n) is 9.59. The smallest absolute Gasteiger partial charge is 0.320 e. The van der Waals surface area contributed by atoms with E-state index in [1.807, 2.05) is 6.07 Å². The van der Waals surface area contributed by atoms with E-state index in [9.17, 15) is 9.59 Å². The van der Waals surface area contributed by atoms with Gasteiger partial charge in [-0.1, -0.05) is 30.3 Å². The Morgan fingerprint density at radius 1 is 1.03 bits per heavy atom. The number of piperidine rings is 1. The molecule has 4 rings (SSSR count). The van der Waals surface area contributed by atoms with Gasteiger partial charge >= 0.3 is 5.97 Å². The van der Waals surface area contributed by atoms with Crippen molar-refractivity contribution >= 4 is 23.5 Å². The third-order valence-corrected chi connectivity index (χ3v) is 7.11. The predicted octanol–water partition coefficient (Wildman–Crippen LogP) is 1.95. The van der Waals surface area contributed by atoms with E-state index in [0.29, 0.717) is 18.2 Å². The van der Waals surface area contributed by atoms with Crippen molar-refractivity contribution in [3.05, 3.63) is 65.2 Å². The summed E-state index contributed by atoms with van der Waals surface area (Å²) in [6, 6.07) is 14.6. The lowest BCUT2D eigenvalue weighted by atomic mass is 10.0. The Kier molecular flexibility index (Phi) is 8.56. The molecule has 2 fully saturated rings. The minimum absolute atomic E-state index is 0.0551. The van der Waals surface area contributed by atoms with Crippen molar-refractivity contribution in [1.29, 1.82) is 0 Å². The largest absolute Gasteiger partial charge is 0.480 e. The highest BCUT2D eigenvalue weighted by atomic mass is 16.4. The van der Waals surface area contributed by atoms with Gasteiger partial charge in [-0.05, 0) is 74.5 Å². The van der Waals surface area contributed by atoms with Crippen LogP contribution in [-0.2, 0) is 17.8 Å². The van der Waals surface area contributed by atoms with E-state index >= 15 is 0 Å². The number of amides is 1. The molecular formula is C27H36N6O3. The van der Waals surface area contributed by atoms with Crippen LogP contribution in [0, 0.1) is 0 Å². The Hall–Kier alpha value is -3.43. The Balaban J connectivity index is 1.32. The van der Waals surface area contributed by atoms with E-state index in [0.717, 1.165) is 24.2 Å². The van der Waals surface area contributed by atoms with Crippen LogP contribution < -0.4 is 21.7 Å². The lowest BCUT2D eigenvalue weighted by Crippen LogP contribution is -2.44. The van der Waals surface area contributed by atoms with Crippen molar-refractivity contribution in [2.24, 2.45) is 16.5 Å². The number of benzene rings is 2. The number of guanidine groups is 1. The van der Waals surface area contributed by atoms with Gasteiger partial charge < -0.3 is 31.7 Å². The molecule has 192 valence electrons. The van der Waals surface area contributed by atoms with Gasteiger partial charge in [0.1, 0.15) is 6.04 Å². The fourth-order valence-electron chi connectivity index (χ4n) is 5.07. The van der Waals surface area contributed by atoms with Crippen LogP contribution in [0.3, 0.4) is 0 Å². The van der Waals surface area contributed by atoms with Gasteiger partial charge in [-0.25, -0.2) is 0 Å². The van der Waals surface area contributed by atoms with Crippen LogP contribution in [0.4, 0.5) is 5.69 Å². The molecule has 1 atom stereocenters. The number of nitrogens with zero attached hydrogens (tertiary/aromatic N) is 3. The molecule has 1 amide bonds. The fraction of sp³-hybridized carbons (Fsp3) is 0.444. The summed E-state index contributed by atoms with van der Waals surface area (Å²) in [5, 5.41) is 12.0. The summed E-state index contributed by atoms with van der Waals surface area (Å²) in [7, 11) is 0. The van der Waals surface area contributed by atoms with E-state index in [1.54, 1.807) is 24.3 Å². The van der Waals surface area contributed by atoms with Crippen molar-refractivity contribution in [2.45, 2.75) is 50.7 Å². The topological polar surface area (TPSA) is 137 Å². The standard InChI is InChI=1S/C27H36N6O3/c28-23(26(35)36)17-19-7-9-20(10-8-19)25(34)31-27(29)30-18-21-5-1-2-6-24(21)33-15-11-22(12-16-33)32-13-3-4-14-32/h1-2,5-10,22-23H,3-4,11-18,28H2,(H,35,36)(H3,29,30,31,34)/t23-/m0/s1. The first kappa shape index (κ1) is 25.7. The molecule has 0 bridgehead atoms. The van der Waals surface area contributed by atoms with Crippen molar-refractivity contribution in [2.75, 3.05) is 31.1 Å². The maximum atomic E-state index is 12.5. The number of carboxylic acid groups (broad SMARTS) is 1. The van der Waals surface area contributed by atoms with Crippen LogP contribution in [0.25, 0.3) is 0 Å². The van der Waals surface area contributed by atoms with Crippen LogP contribution in [-0.4, -0.2) is 66.1 Å². The summed E-state index contributed by atoms with van der Waals surface area (Å²) in [6.07, 6.45) is 5.20. The molecule has 0 aliphatic carbocycles. The molecule has 2 saturated heterocycles. The number of nitrogens with one attached hydrogen (secondary N) is 1. The normalized spacial score (nSPS) is 18.2. The highest BCUT2D eigenvalue weighted by Gasteiger charge is 2.27. The number of para-hydroxylation sites is 1. The maximum Gasteiger partial charge on any atom is 0.320 e. The van der Waals surface area contributed by atoms with Gasteiger partial charge in [-0.2, -0.15) is 4.99 Å². The first-order valence-electron chi connectivity index (χ1n) is 12.7. The van der Waals surface area contributed by atoms with Gasteiger partial charge in [0.05, 0.1) is 0 Å². The number of carbonyl (C=O) groups excluding carboxylic acids is 1. The zero-order valence-electron chi connectivity index (χ0n) is 20.6. The molecule has 0 spiro atoms. The highest BCUT2D eigenvalue weighted by molar-refractivity contribution is 6.02. The second-order valence-corrected chi connectivity index (χ2v) is 9.59. The number of carbonyl (C=O) groups is 2. The van der Waals surface area contributed by atoms with Gasteiger partial charge in [0.15, 0.2) is 5.96 Å². The molecule has 0 aromatic heterocycles. The number of aliphatic carboxylic acids is 1. The quantitative estimate of drug-likeness (QED) is 0.324. The number of anilines is 1. The molecule has 9 heteroatoms. The minimum atomic E-state index is -1.06. The van der Waals surface area contributed by atoms with E-state index < -0.39 is 17.9 Å². The molecule has 2 aromatic rings. The summed E-state index contributed by atoms with van der Waals surface area (Å²) < 4.78 is 0. The number of hydrogen-bond acceptors (Lipinski definition) is 5. The van der Waals surface area contributed by atoms with E-state index in [2.05, 4.69) is 38.3 Å². The molecule has 0 unspecified atom stereocenters. The third kappa shape index (κ3) is 6.61. The monoisotopic (exact) mass is 492 g/mol. The van der Waals surface area contributed by atoms with E-state index in [4.69, 9.17) is 16.6 Å². The van der Waals surface area contributed by atoms with Gasteiger partial charge in [0, 0.05) is 36.9 Å². The molecule has 2 aliphatic rings. The van der Waals surface area contributed by atoms with Crippen molar-refractivity contribution in [3.8, 4) is 0 Å². The number of hydrogen-bond donors (Lipinski definition) is 4. The molecule has 0 saturated carbocycles. The van der Waals surface area contributed by atoms with Crippen molar-refractivity contribution < 1.29 is 14.7 Å². The second kappa shape index (κ2) is 12.0. The summed E-state index contributed by atoms with van der Waals surface area (Å²) in [5.41, 5.74) is 15.0. The van der Waals surface area contributed by atoms with E-state index in [1.165, 1.54) is 44.5 Å².